The lowest BCUT2D eigenvalue weighted by Gasteiger charge is -2.31. The van der Waals surface area contributed by atoms with Crippen LogP contribution in [0.4, 0.5) is 4.79 Å². The summed E-state index contributed by atoms with van der Waals surface area (Å²) < 4.78 is 5.22. The van der Waals surface area contributed by atoms with Gasteiger partial charge in [-0.3, -0.25) is 4.79 Å². The maximum absolute atomic E-state index is 11.8. The Hall–Kier alpha value is -1.26. The number of aliphatic carboxylic acids is 1. The van der Waals surface area contributed by atoms with E-state index >= 15 is 0 Å². The van der Waals surface area contributed by atoms with E-state index in [4.69, 9.17) is 9.84 Å². The van der Waals surface area contributed by atoms with Gasteiger partial charge in [0.05, 0.1) is 5.41 Å². The summed E-state index contributed by atoms with van der Waals surface area (Å²) in [6, 6.07) is -0.352. The van der Waals surface area contributed by atoms with E-state index in [1.807, 2.05) is 0 Å². The molecular formula is C12H21NO4. The molecule has 1 saturated carbocycles. The highest BCUT2D eigenvalue weighted by Gasteiger charge is 2.56. The van der Waals surface area contributed by atoms with Gasteiger partial charge in [-0.25, -0.2) is 4.79 Å². The first-order valence-corrected chi connectivity index (χ1v) is 5.79. The second-order valence-corrected chi connectivity index (χ2v) is 5.73. The molecule has 17 heavy (non-hydrogen) atoms. The van der Waals surface area contributed by atoms with Crippen molar-refractivity contribution in [2.24, 2.45) is 5.41 Å². The Kier molecular flexibility index (Phi) is 3.41. The quantitative estimate of drug-likeness (QED) is 0.824. The van der Waals surface area contributed by atoms with Gasteiger partial charge in [-0.15, -0.1) is 0 Å². The molecule has 0 heterocycles. The molecule has 5 heteroatoms. The van der Waals surface area contributed by atoms with Crippen LogP contribution in [0, 0.1) is 5.41 Å². The van der Waals surface area contributed by atoms with Crippen LogP contribution >= 0.6 is 0 Å². The van der Waals surface area contributed by atoms with Gasteiger partial charge in [0.15, 0.2) is 0 Å². The van der Waals surface area contributed by atoms with Gasteiger partial charge >= 0.3 is 12.1 Å². The van der Waals surface area contributed by atoms with Crippen LogP contribution < -0.4 is 0 Å². The van der Waals surface area contributed by atoms with E-state index in [1.54, 1.807) is 34.7 Å². The van der Waals surface area contributed by atoms with Crippen LogP contribution in [0.2, 0.25) is 0 Å². The summed E-state index contributed by atoms with van der Waals surface area (Å²) in [7, 11) is 1.59. The van der Waals surface area contributed by atoms with Crippen LogP contribution in [-0.4, -0.2) is 40.8 Å². The zero-order chi connectivity index (χ0) is 13.4. The van der Waals surface area contributed by atoms with Crippen LogP contribution in [0.3, 0.4) is 0 Å². The molecule has 0 aliphatic heterocycles. The number of carbonyl (C=O) groups is 2. The molecule has 98 valence electrons. The standard InChI is InChI=1S/C12H21NO4/c1-8(12(6-7-12)9(14)15)13(5)10(16)17-11(2,3)4/h8H,6-7H2,1-5H3,(H,14,15). The molecular weight excluding hydrogens is 222 g/mol. The van der Waals surface area contributed by atoms with Crippen molar-refractivity contribution in [1.82, 2.24) is 4.90 Å². The number of nitrogens with zero attached hydrogens (tertiary/aromatic N) is 1. The van der Waals surface area contributed by atoms with E-state index in [9.17, 15) is 9.59 Å². The molecule has 0 aromatic heterocycles. The zero-order valence-electron chi connectivity index (χ0n) is 11.1. The van der Waals surface area contributed by atoms with Crippen LogP contribution in [0.15, 0.2) is 0 Å². The minimum Gasteiger partial charge on any atom is -0.481 e. The highest BCUT2D eigenvalue weighted by atomic mass is 16.6. The number of carboxylic acid groups (broad SMARTS) is 1. The predicted molar refractivity (Wildman–Crippen MR) is 62.8 cm³/mol. The lowest BCUT2D eigenvalue weighted by Crippen LogP contribution is -2.46. The summed E-state index contributed by atoms with van der Waals surface area (Å²) in [5.74, 6) is -0.833. The number of rotatable bonds is 3. The molecule has 1 aliphatic rings. The third kappa shape index (κ3) is 2.90. The Morgan fingerprint density at radius 2 is 1.82 bits per heavy atom. The second-order valence-electron chi connectivity index (χ2n) is 5.73. The van der Waals surface area contributed by atoms with Gasteiger partial charge in [0.2, 0.25) is 0 Å². The molecule has 1 aliphatic carbocycles. The summed E-state index contributed by atoms with van der Waals surface area (Å²) in [5, 5.41) is 9.16. The van der Waals surface area contributed by atoms with Crippen molar-refractivity contribution < 1.29 is 19.4 Å². The minimum atomic E-state index is -0.833. The molecule has 0 radical (unpaired) electrons. The molecule has 0 aromatic carbocycles. The Morgan fingerprint density at radius 3 is 2.12 bits per heavy atom. The molecule has 1 unspecified atom stereocenters. The van der Waals surface area contributed by atoms with Gasteiger partial charge in [-0.2, -0.15) is 0 Å². The lowest BCUT2D eigenvalue weighted by molar-refractivity contribution is -0.145. The monoisotopic (exact) mass is 243 g/mol. The van der Waals surface area contributed by atoms with Gasteiger partial charge < -0.3 is 14.7 Å². The molecule has 5 nitrogen and oxygen atoms in total. The molecule has 1 rings (SSSR count). The number of carbonyl (C=O) groups excluding carboxylic acids is 1. The molecule has 1 fully saturated rings. The van der Waals surface area contributed by atoms with Crippen LogP contribution in [0.5, 0.6) is 0 Å². The second kappa shape index (κ2) is 4.20. The Morgan fingerprint density at radius 1 is 1.35 bits per heavy atom. The first kappa shape index (κ1) is 13.8. The normalized spacial score (nSPS) is 19.4. The number of carboxylic acids is 1. The maximum Gasteiger partial charge on any atom is 0.410 e. The van der Waals surface area contributed by atoms with Crippen molar-refractivity contribution >= 4 is 12.1 Å². The average Bonchev–Trinajstić information content (AvgIpc) is 2.93. The van der Waals surface area contributed by atoms with Gasteiger partial charge in [-0.05, 0) is 40.5 Å². The van der Waals surface area contributed by atoms with Crippen LogP contribution in [0.1, 0.15) is 40.5 Å². The van der Waals surface area contributed by atoms with Crippen molar-refractivity contribution in [3.8, 4) is 0 Å². The average molecular weight is 243 g/mol. The summed E-state index contributed by atoms with van der Waals surface area (Å²) in [6.45, 7) is 7.11. The molecule has 0 saturated heterocycles. The third-order valence-corrected chi connectivity index (χ3v) is 3.28. The van der Waals surface area contributed by atoms with Gasteiger partial charge in [0.1, 0.15) is 5.60 Å². The van der Waals surface area contributed by atoms with Gasteiger partial charge in [0.25, 0.3) is 0 Å². The fourth-order valence-electron chi connectivity index (χ4n) is 1.81. The zero-order valence-corrected chi connectivity index (χ0v) is 11.1. The highest BCUT2D eigenvalue weighted by molar-refractivity contribution is 5.80. The molecule has 0 bridgehead atoms. The fraction of sp³-hybridized carbons (Fsp3) is 0.833. The Bertz CT molecular complexity index is 328. The summed E-state index contributed by atoms with van der Waals surface area (Å²) >= 11 is 0. The topological polar surface area (TPSA) is 66.8 Å². The summed E-state index contributed by atoms with van der Waals surface area (Å²) in [4.78, 5) is 24.3. The third-order valence-electron chi connectivity index (χ3n) is 3.28. The number of amides is 1. The van der Waals surface area contributed by atoms with Crippen LogP contribution in [0.25, 0.3) is 0 Å². The van der Waals surface area contributed by atoms with Gasteiger partial charge in [-0.1, -0.05) is 0 Å². The van der Waals surface area contributed by atoms with Crippen molar-refractivity contribution in [3.63, 3.8) is 0 Å². The van der Waals surface area contributed by atoms with Crippen molar-refractivity contribution in [3.05, 3.63) is 0 Å². The fourth-order valence-corrected chi connectivity index (χ4v) is 1.81. The molecule has 0 spiro atoms. The first-order valence-electron chi connectivity index (χ1n) is 5.79. The SMILES string of the molecule is CC(N(C)C(=O)OC(C)(C)C)C1(C(=O)O)CC1. The molecule has 1 amide bonds. The summed E-state index contributed by atoms with van der Waals surface area (Å²) in [5.41, 5.74) is -1.34. The number of hydrogen-bond acceptors (Lipinski definition) is 3. The minimum absolute atomic E-state index is 0.352. The van der Waals surface area contributed by atoms with Gasteiger partial charge in [0, 0.05) is 13.1 Å². The molecule has 1 N–H and O–H groups in total. The van der Waals surface area contributed by atoms with Crippen LogP contribution in [-0.2, 0) is 9.53 Å². The smallest absolute Gasteiger partial charge is 0.410 e. The van der Waals surface area contributed by atoms with E-state index in [0.29, 0.717) is 12.8 Å². The predicted octanol–water partition coefficient (Wildman–Crippen LogP) is 2.11. The lowest BCUT2D eigenvalue weighted by atomic mass is 9.97. The van der Waals surface area contributed by atoms with Crippen molar-refractivity contribution in [2.75, 3.05) is 7.05 Å². The van der Waals surface area contributed by atoms with E-state index in [1.165, 1.54) is 4.90 Å². The van der Waals surface area contributed by atoms with E-state index in [-0.39, 0.29) is 6.04 Å². The van der Waals surface area contributed by atoms with E-state index in [0.717, 1.165) is 0 Å². The highest BCUT2D eigenvalue weighted by Crippen LogP contribution is 2.50. The Balaban J connectivity index is 2.68. The van der Waals surface area contributed by atoms with E-state index < -0.39 is 23.1 Å². The number of hydrogen-bond donors (Lipinski definition) is 1. The number of ether oxygens (including phenoxy) is 1. The summed E-state index contributed by atoms with van der Waals surface area (Å²) in [6.07, 6.45) is 0.769. The van der Waals surface area contributed by atoms with Crippen molar-refractivity contribution in [1.29, 1.82) is 0 Å². The van der Waals surface area contributed by atoms with E-state index in [2.05, 4.69) is 0 Å². The first-order chi connectivity index (χ1) is 7.60. The largest absolute Gasteiger partial charge is 0.481 e. The molecule has 0 aromatic rings. The van der Waals surface area contributed by atoms with Crippen molar-refractivity contribution in [2.45, 2.75) is 52.2 Å². The Labute approximate surface area is 102 Å². The molecule has 1 atom stereocenters. The maximum atomic E-state index is 11.8.